The van der Waals surface area contributed by atoms with Crippen LogP contribution in [0.25, 0.3) is 0 Å². The Labute approximate surface area is 115 Å². The maximum atomic E-state index is 12.7. The fourth-order valence-electron chi connectivity index (χ4n) is 1.66. The lowest BCUT2D eigenvalue weighted by Crippen LogP contribution is -2.22. The van der Waals surface area contributed by atoms with Gasteiger partial charge in [-0.05, 0) is 36.4 Å². The summed E-state index contributed by atoms with van der Waals surface area (Å²) in [6.45, 7) is 0.119. The van der Waals surface area contributed by atoms with Crippen molar-refractivity contribution in [1.82, 2.24) is 5.32 Å². The molecule has 0 fully saturated rings. The maximum absolute atomic E-state index is 12.7. The van der Waals surface area contributed by atoms with Crippen molar-refractivity contribution in [2.75, 3.05) is 0 Å². The van der Waals surface area contributed by atoms with E-state index in [2.05, 4.69) is 5.32 Å². The number of phenols is 1. The van der Waals surface area contributed by atoms with E-state index in [9.17, 15) is 14.3 Å². The lowest BCUT2D eigenvalue weighted by Gasteiger charge is -2.07. The van der Waals surface area contributed by atoms with Crippen molar-refractivity contribution in [2.45, 2.75) is 6.54 Å². The van der Waals surface area contributed by atoms with Crippen molar-refractivity contribution < 1.29 is 14.3 Å². The summed E-state index contributed by atoms with van der Waals surface area (Å²) < 4.78 is 12.7. The zero-order valence-corrected chi connectivity index (χ0v) is 10.4. The fourth-order valence-corrected chi connectivity index (χ4v) is 1.66. The number of halogens is 1. The first kappa shape index (κ1) is 13.6. The predicted octanol–water partition coefficient (Wildman–Crippen LogP) is 2.33. The molecular weight excluding hydrogens is 259 g/mol. The van der Waals surface area contributed by atoms with Gasteiger partial charge in [0.25, 0.3) is 5.91 Å². The molecule has 1 amide bonds. The quantitative estimate of drug-likeness (QED) is 0.899. The van der Waals surface area contributed by atoms with Crippen molar-refractivity contribution in [3.63, 3.8) is 0 Å². The summed E-state index contributed by atoms with van der Waals surface area (Å²) in [5.74, 6) is -0.830. The molecule has 2 aromatic carbocycles. The Bertz CT molecular complexity index is 675. The molecule has 0 saturated carbocycles. The second kappa shape index (κ2) is 5.85. The average molecular weight is 270 g/mol. The van der Waals surface area contributed by atoms with Gasteiger partial charge in [-0.25, -0.2) is 4.39 Å². The van der Waals surface area contributed by atoms with Gasteiger partial charge in [-0.1, -0.05) is 6.07 Å². The van der Waals surface area contributed by atoms with Crippen molar-refractivity contribution >= 4 is 5.91 Å². The Morgan fingerprint density at radius 3 is 2.55 bits per heavy atom. The van der Waals surface area contributed by atoms with Crippen LogP contribution in [0.15, 0.2) is 42.5 Å². The topological polar surface area (TPSA) is 73.1 Å². The molecule has 0 spiro atoms. The Kier molecular flexibility index (Phi) is 3.96. The number of rotatable bonds is 3. The highest BCUT2D eigenvalue weighted by Crippen LogP contribution is 2.18. The molecule has 100 valence electrons. The number of hydrogen-bond donors (Lipinski definition) is 2. The minimum atomic E-state index is -0.411. The average Bonchev–Trinajstić information content (AvgIpc) is 2.46. The number of nitrogens with zero attached hydrogens (tertiary/aromatic N) is 1. The SMILES string of the molecule is N#Cc1ccc(CNC(=O)c2ccc(F)cc2)c(O)c1. The smallest absolute Gasteiger partial charge is 0.251 e. The van der Waals surface area contributed by atoms with Gasteiger partial charge >= 0.3 is 0 Å². The molecule has 0 aliphatic carbocycles. The van der Waals surface area contributed by atoms with E-state index in [1.54, 1.807) is 12.1 Å². The van der Waals surface area contributed by atoms with Crippen LogP contribution < -0.4 is 5.32 Å². The highest BCUT2D eigenvalue weighted by molar-refractivity contribution is 5.94. The molecule has 0 heterocycles. The van der Waals surface area contributed by atoms with Gasteiger partial charge in [0.15, 0.2) is 0 Å². The van der Waals surface area contributed by atoms with E-state index in [0.717, 1.165) is 0 Å². The first-order valence-electron chi connectivity index (χ1n) is 5.86. The minimum Gasteiger partial charge on any atom is -0.508 e. The molecule has 0 aliphatic heterocycles. The van der Waals surface area contributed by atoms with Crippen molar-refractivity contribution in [3.8, 4) is 11.8 Å². The summed E-state index contributed by atoms with van der Waals surface area (Å²) >= 11 is 0. The monoisotopic (exact) mass is 270 g/mol. The Morgan fingerprint density at radius 2 is 1.95 bits per heavy atom. The number of nitrogens with one attached hydrogen (secondary N) is 1. The molecule has 4 nitrogen and oxygen atoms in total. The van der Waals surface area contributed by atoms with E-state index >= 15 is 0 Å². The number of nitriles is 1. The van der Waals surface area contributed by atoms with Gasteiger partial charge in [0.1, 0.15) is 11.6 Å². The molecular formula is C15H11FN2O2. The van der Waals surface area contributed by atoms with E-state index in [-0.39, 0.29) is 18.2 Å². The third kappa shape index (κ3) is 3.12. The number of aromatic hydroxyl groups is 1. The number of benzene rings is 2. The molecule has 2 N–H and O–H groups in total. The standard InChI is InChI=1S/C15H11FN2O2/c16-13-5-3-11(4-6-13)15(20)18-9-12-2-1-10(8-17)7-14(12)19/h1-7,19H,9H2,(H,18,20). The number of phenolic OH excluding ortho intramolecular Hbond substituents is 1. The summed E-state index contributed by atoms with van der Waals surface area (Å²) in [5.41, 5.74) is 1.18. The van der Waals surface area contributed by atoms with Crippen LogP contribution in [-0.2, 0) is 6.54 Å². The predicted molar refractivity (Wildman–Crippen MR) is 70.4 cm³/mol. The second-order valence-corrected chi connectivity index (χ2v) is 4.14. The fraction of sp³-hybridized carbons (Fsp3) is 0.0667. The molecule has 2 rings (SSSR count). The van der Waals surface area contributed by atoms with E-state index in [0.29, 0.717) is 16.7 Å². The van der Waals surface area contributed by atoms with Gasteiger partial charge in [0.05, 0.1) is 11.6 Å². The Balaban J connectivity index is 2.04. The second-order valence-electron chi connectivity index (χ2n) is 4.14. The number of amides is 1. The zero-order valence-electron chi connectivity index (χ0n) is 10.4. The lowest BCUT2D eigenvalue weighted by molar-refractivity contribution is 0.0950. The molecule has 5 heteroatoms. The molecule has 0 aromatic heterocycles. The lowest BCUT2D eigenvalue weighted by atomic mass is 10.1. The van der Waals surface area contributed by atoms with Crippen molar-refractivity contribution in [2.24, 2.45) is 0 Å². The van der Waals surface area contributed by atoms with Crippen LogP contribution in [0.4, 0.5) is 4.39 Å². The number of carbonyl (C=O) groups excluding carboxylic acids is 1. The van der Waals surface area contributed by atoms with Gasteiger partial charge in [-0.3, -0.25) is 4.79 Å². The highest BCUT2D eigenvalue weighted by atomic mass is 19.1. The Hall–Kier alpha value is -2.87. The molecule has 0 bridgehead atoms. The van der Waals surface area contributed by atoms with Gasteiger partial charge in [-0.2, -0.15) is 5.26 Å². The first-order valence-corrected chi connectivity index (χ1v) is 5.86. The first-order chi connectivity index (χ1) is 9.60. The summed E-state index contributed by atoms with van der Waals surface area (Å²) in [4.78, 5) is 11.8. The van der Waals surface area contributed by atoms with Gasteiger partial charge in [-0.15, -0.1) is 0 Å². The van der Waals surface area contributed by atoms with Gasteiger partial charge < -0.3 is 10.4 Å². The minimum absolute atomic E-state index is 0.0524. The van der Waals surface area contributed by atoms with Gasteiger partial charge in [0, 0.05) is 17.7 Å². The number of carbonyl (C=O) groups is 1. The molecule has 0 unspecified atom stereocenters. The summed E-state index contributed by atoms with van der Waals surface area (Å²) in [6, 6.07) is 11.5. The summed E-state index contributed by atoms with van der Waals surface area (Å²) in [5, 5.41) is 21.0. The summed E-state index contributed by atoms with van der Waals surface area (Å²) in [7, 11) is 0. The van der Waals surface area contributed by atoms with Crippen LogP contribution in [0.1, 0.15) is 21.5 Å². The third-order valence-corrected chi connectivity index (χ3v) is 2.76. The maximum Gasteiger partial charge on any atom is 0.251 e. The molecule has 2 aromatic rings. The van der Waals surface area contributed by atoms with E-state index in [1.807, 2.05) is 6.07 Å². The van der Waals surface area contributed by atoms with E-state index < -0.39 is 5.82 Å². The van der Waals surface area contributed by atoms with E-state index in [1.165, 1.54) is 30.3 Å². The molecule has 0 atom stereocenters. The molecule has 20 heavy (non-hydrogen) atoms. The van der Waals surface area contributed by atoms with Gasteiger partial charge in [0.2, 0.25) is 0 Å². The molecule has 0 aliphatic rings. The Morgan fingerprint density at radius 1 is 1.25 bits per heavy atom. The van der Waals surface area contributed by atoms with Crippen molar-refractivity contribution in [1.29, 1.82) is 5.26 Å². The molecule has 0 radical (unpaired) electrons. The normalized spacial score (nSPS) is 9.80. The number of hydrogen-bond acceptors (Lipinski definition) is 3. The van der Waals surface area contributed by atoms with Crippen molar-refractivity contribution in [3.05, 3.63) is 65.0 Å². The van der Waals surface area contributed by atoms with Crippen LogP contribution in [0.3, 0.4) is 0 Å². The van der Waals surface area contributed by atoms with Crippen LogP contribution in [0, 0.1) is 17.1 Å². The van der Waals surface area contributed by atoms with Crippen LogP contribution in [-0.4, -0.2) is 11.0 Å². The van der Waals surface area contributed by atoms with Crippen LogP contribution in [0.5, 0.6) is 5.75 Å². The molecule has 0 saturated heterocycles. The zero-order chi connectivity index (χ0) is 14.5. The third-order valence-electron chi connectivity index (χ3n) is 2.76. The van der Waals surface area contributed by atoms with Crippen LogP contribution in [0.2, 0.25) is 0 Å². The highest BCUT2D eigenvalue weighted by Gasteiger charge is 2.07. The van der Waals surface area contributed by atoms with E-state index in [4.69, 9.17) is 5.26 Å². The van der Waals surface area contributed by atoms with Crippen LogP contribution >= 0.6 is 0 Å². The largest absolute Gasteiger partial charge is 0.508 e. The summed E-state index contributed by atoms with van der Waals surface area (Å²) in [6.07, 6.45) is 0.